The van der Waals surface area contributed by atoms with Crippen molar-refractivity contribution in [3.63, 3.8) is 0 Å². The van der Waals surface area contributed by atoms with Gasteiger partial charge in [0.15, 0.2) is 0 Å². The number of hydrogen-bond donors (Lipinski definition) is 2. The number of amides is 4. The highest BCUT2D eigenvalue weighted by Gasteiger charge is 2.58. The summed E-state index contributed by atoms with van der Waals surface area (Å²) >= 11 is 4.52. The van der Waals surface area contributed by atoms with Gasteiger partial charge in [-0.25, -0.2) is 9.80 Å². The topological polar surface area (TPSA) is 140 Å². The quantitative estimate of drug-likeness (QED) is 0.254. The van der Waals surface area contributed by atoms with E-state index in [-0.39, 0.29) is 33.4 Å². The number of aromatic amines is 2. The van der Waals surface area contributed by atoms with Gasteiger partial charge in [-0.2, -0.15) is 0 Å². The molecule has 2 N–H and O–H groups in total. The number of thioether (sulfide) groups is 2. The standard InChI is InChI=1S/C34H22N4O6S4/c39-29-21-19(23-27(35-33(43)47-23)45-25(21)31(41)37(29)17-7-3-1-4-8-17)15-11-13-16(14-12-15)20-22-26(46-28-24(20)48-34(44)36-28)32(42)38(30(22)40)18-9-5-2-6-10-18/h1-14,19-22,25-26H,(H,35,43)(H,36,44). The molecule has 9 rings (SSSR count). The number of imide groups is 2. The van der Waals surface area contributed by atoms with Crippen LogP contribution in [0.5, 0.6) is 0 Å². The van der Waals surface area contributed by atoms with Crippen molar-refractivity contribution < 1.29 is 19.2 Å². The van der Waals surface area contributed by atoms with Gasteiger partial charge < -0.3 is 9.97 Å². The Morgan fingerprint density at radius 2 is 0.854 bits per heavy atom. The first kappa shape index (κ1) is 29.6. The van der Waals surface area contributed by atoms with Gasteiger partial charge in [0.25, 0.3) is 0 Å². The van der Waals surface area contributed by atoms with E-state index in [0.717, 1.165) is 33.8 Å². The third-order valence-corrected chi connectivity index (χ3v) is 14.1. The Balaban J connectivity index is 1.12. The zero-order valence-corrected chi connectivity index (χ0v) is 27.8. The summed E-state index contributed by atoms with van der Waals surface area (Å²) in [6, 6.07) is 25.1. The van der Waals surface area contributed by atoms with Crippen molar-refractivity contribution in [2.45, 2.75) is 32.4 Å². The number of carbonyl (C=O) groups excluding carboxylic acids is 4. The van der Waals surface area contributed by atoms with Crippen LogP contribution in [0.25, 0.3) is 0 Å². The van der Waals surface area contributed by atoms with Gasteiger partial charge in [-0.3, -0.25) is 28.8 Å². The van der Waals surface area contributed by atoms with Crippen LogP contribution in [-0.2, 0) is 19.2 Å². The van der Waals surface area contributed by atoms with E-state index < -0.39 is 34.2 Å². The lowest BCUT2D eigenvalue weighted by Crippen LogP contribution is -2.32. The van der Waals surface area contributed by atoms with E-state index >= 15 is 0 Å². The number of para-hydroxylation sites is 2. The van der Waals surface area contributed by atoms with E-state index in [0.29, 0.717) is 31.2 Å². The lowest BCUT2D eigenvalue weighted by atomic mass is 9.80. The molecule has 6 heterocycles. The van der Waals surface area contributed by atoms with Crippen molar-refractivity contribution in [3.05, 3.63) is 125 Å². The molecule has 3 aromatic carbocycles. The Morgan fingerprint density at radius 1 is 0.479 bits per heavy atom. The van der Waals surface area contributed by atoms with Gasteiger partial charge in [0.1, 0.15) is 10.5 Å². The zero-order valence-electron chi connectivity index (χ0n) is 24.5. The van der Waals surface area contributed by atoms with Crippen molar-refractivity contribution in [3.8, 4) is 0 Å². The third kappa shape index (κ3) is 4.32. The number of rotatable bonds is 4. The summed E-state index contributed by atoms with van der Waals surface area (Å²) in [6.45, 7) is 0. The van der Waals surface area contributed by atoms with Gasteiger partial charge in [-0.05, 0) is 35.4 Å². The molecular formula is C34H22N4O6S4. The molecule has 2 aromatic heterocycles. The van der Waals surface area contributed by atoms with E-state index in [1.807, 2.05) is 36.4 Å². The van der Waals surface area contributed by atoms with Crippen LogP contribution in [0, 0.1) is 11.8 Å². The molecule has 10 nitrogen and oxygen atoms in total. The predicted molar refractivity (Wildman–Crippen MR) is 184 cm³/mol. The third-order valence-electron chi connectivity index (χ3n) is 9.33. The largest absolute Gasteiger partial charge is 0.307 e. The number of thiazole rings is 2. The van der Waals surface area contributed by atoms with E-state index in [4.69, 9.17) is 0 Å². The number of anilines is 2. The molecule has 238 valence electrons. The van der Waals surface area contributed by atoms with Crippen molar-refractivity contribution >= 4 is 81.2 Å². The zero-order chi connectivity index (χ0) is 32.8. The van der Waals surface area contributed by atoms with Gasteiger partial charge in [0, 0.05) is 21.6 Å². The molecule has 6 unspecified atom stereocenters. The molecule has 0 radical (unpaired) electrons. The van der Waals surface area contributed by atoms with Crippen molar-refractivity contribution in [1.29, 1.82) is 0 Å². The van der Waals surface area contributed by atoms with Crippen LogP contribution in [0.1, 0.15) is 32.7 Å². The van der Waals surface area contributed by atoms with E-state index in [1.54, 1.807) is 48.5 Å². The summed E-state index contributed by atoms with van der Waals surface area (Å²) in [6.07, 6.45) is 0. The van der Waals surface area contributed by atoms with E-state index in [9.17, 15) is 28.8 Å². The van der Waals surface area contributed by atoms with E-state index in [1.165, 1.54) is 33.3 Å². The minimum atomic E-state index is -0.738. The number of aromatic nitrogens is 2. The highest BCUT2D eigenvalue weighted by atomic mass is 32.2. The van der Waals surface area contributed by atoms with Gasteiger partial charge in [-0.1, -0.05) is 107 Å². The van der Waals surface area contributed by atoms with Crippen LogP contribution in [0.4, 0.5) is 11.4 Å². The summed E-state index contributed by atoms with van der Waals surface area (Å²) in [4.78, 5) is 89.7. The molecule has 0 spiro atoms. The molecule has 48 heavy (non-hydrogen) atoms. The maximum absolute atomic E-state index is 14.0. The lowest BCUT2D eigenvalue weighted by molar-refractivity contribution is -0.124. The van der Waals surface area contributed by atoms with Gasteiger partial charge >= 0.3 is 9.75 Å². The number of hydrogen-bond acceptors (Lipinski definition) is 10. The highest BCUT2D eigenvalue weighted by Crippen LogP contribution is 2.55. The predicted octanol–water partition coefficient (Wildman–Crippen LogP) is 4.78. The second-order valence-corrected chi connectivity index (χ2v) is 16.2. The van der Waals surface area contributed by atoms with Crippen LogP contribution in [-0.4, -0.2) is 44.1 Å². The second-order valence-electron chi connectivity index (χ2n) is 11.9. The molecule has 4 amide bonds. The monoisotopic (exact) mass is 710 g/mol. The Bertz CT molecular complexity index is 2120. The summed E-state index contributed by atoms with van der Waals surface area (Å²) in [7, 11) is 0. The molecule has 0 bridgehead atoms. The van der Waals surface area contributed by atoms with Crippen molar-refractivity contribution in [2.24, 2.45) is 11.8 Å². The first-order valence-corrected chi connectivity index (χ1v) is 18.4. The average Bonchev–Trinajstić information content (AvgIpc) is 3.80. The van der Waals surface area contributed by atoms with Crippen LogP contribution in [0.15, 0.2) is 105 Å². The van der Waals surface area contributed by atoms with E-state index in [2.05, 4.69) is 9.97 Å². The van der Waals surface area contributed by atoms with Crippen molar-refractivity contribution in [1.82, 2.24) is 9.97 Å². The fraction of sp³-hybridized carbons (Fsp3) is 0.176. The lowest BCUT2D eigenvalue weighted by Gasteiger charge is -2.31. The summed E-state index contributed by atoms with van der Waals surface area (Å²) in [5.41, 5.74) is 2.48. The maximum atomic E-state index is 14.0. The van der Waals surface area contributed by atoms with Gasteiger partial charge in [-0.15, -0.1) is 0 Å². The normalized spacial score (nSPS) is 26.0. The molecule has 14 heteroatoms. The number of benzene rings is 3. The Kier molecular flexibility index (Phi) is 6.80. The number of nitrogens with zero attached hydrogens (tertiary/aromatic N) is 2. The fourth-order valence-electron chi connectivity index (χ4n) is 7.33. The second kappa shape index (κ2) is 11.0. The average molecular weight is 711 g/mol. The molecule has 0 aliphatic carbocycles. The molecule has 0 saturated carbocycles. The molecule has 6 atom stereocenters. The minimum absolute atomic E-state index is 0.262. The number of nitrogens with one attached hydrogen (secondary N) is 2. The molecule has 2 saturated heterocycles. The first-order chi connectivity index (χ1) is 23.3. The first-order valence-electron chi connectivity index (χ1n) is 15.0. The van der Waals surface area contributed by atoms with Crippen molar-refractivity contribution in [2.75, 3.05) is 9.80 Å². The van der Waals surface area contributed by atoms with Crippen LogP contribution in [0.2, 0.25) is 0 Å². The molecule has 5 aromatic rings. The SMILES string of the molecule is O=C1C2Sc3[nH]c(=O)sc3C(c3ccc(C4c5sc(=O)[nH]c5SC5C(=O)N(c6ccccc6)C(=O)C54)cc3)C2C(=O)N1c1ccccc1. The maximum Gasteiger partial charge on any atom is 0.305 e. The summed E-state index contributed by atoms with van der Waals surface area (Å²) < 4.78 is 0. The van der Waals surface area contributed by atoms with Gasteiger partial charge in [0.2, 0.25) is 23.6 Å². The van der Waals surface area contributed by atoms with Crippen LogP contribution in [0.3, 0.4) is 0 Å². The van der Waals surface area contributed by atoms with Crippen LogP contribution < -0.4 is 19.5 Å². The number of carbonyl (C=O) groups is 4. The highest BCUT2D eigenvalue weighted by molar-refractivity contribution is 8.01. The summed E-state index contributed by atoms with van der Waals surface area (Å²) in [5, 5.41) is -0.272. The number of fused-ring (bicyclic) bond motifs is 4. The fourth-order valence-corrected chi connectivity index (χ4v) is 12.4. The smallest absolute Gasteiger partial charge is 0.305 e. The molecule has 4 aliphatic rings. The van der Waals surface area contributed by atoms with Crippen LogP contribution >= 0.6 is 46.2 Å². The van der Waals surface area contributed by atoms with Gasteiger partial charge in [0.05, 0.1) is 33.3 Å². The minimum Gasteiger partial charge on any atom is -0.307 e. The molecule has 2 fully saturated rings. The molecular weight excluding hydrogens is 689 g/mol. The summed E-state index contributed by atoms with van der Waals surface area (Å²) in [5.74, 6) is -3.90. The Labute approximate surface area is 288 Å². The number of H-pyrrole nitrogens is 2. The Hall–Kier alpha value is -4.50. The molecule has 4 aliphatic heterocycles. The Morgan fingerprint density at radius 3 is 1.23 bits per heavy atom.